The summed E-state index contributed by atoms with van der Waals surface area (Å²) in [5.41, 5.74) is -0.00620. The number of ether oxygens (including phenoxy) is 2. The van der Waals surface area contributed by atoms with Crippen molar-refractivity contribution in [3.8, 4) is 0 Å². The van der Waals surface area contributed by atoms with Gasteiger partial charge in [0.25, 0.3) is 0 Å². The van der Waals surface area contributed by atoms with Crippen LogP contribution in [0, 0.1) is 5.41 Å². The molecule has 1 aliphatic rings. The van der Waals surface area contributed by atoms with Crippen molar-refractivity contribution in [2.24, 2.45) is 5.41 Å². The molecule has 1 saturated heterocycles. The van der Waals surface area contributed by atoms with E-state index in [1.807, 2.05) is 6.92 Å². The van der Waals surface area contributed by atoms with E-state index in [1.54, 1.807) is 0 Å². The summed E-state index contributed by atoms with van der Waals surface area (Å²) in [4.78, 5) is 21.0. The van der Waals surface area contributed by atoms with Crippen LogP contribution in [0.2, 0.25) is 0 Å². The van der Waals surface area contributed by atoms with E-state index in [-0.39, 0.29) is 17.8 Å². The van der Waals surface area contributed by atoms with Crippen LogP contribution in [0.3, 0.4) is 0 Å². The van der Waals surface area contributed by atoms with E-state index in [0.717, 1.165) is 0 Å². The van der Waals surface area contributed by atoms with E-state index < -0.39 is 0 Å². The predicted octanol–water partition coefficient (Wildman–Crippen LogP) is -0.298. The Morgan fingerprint density at radius 1 is 1.64 bits per heavy atom. The van der Waals surface area contributed by atoms with Gasteiger partial charge in [-0.15, -0.1) is 0 Å². The van der Waals surface area contributed by atoms with Crippen molar-refractivity contribution in [3.63, 3.8) is 0 Å². The summed E-state index contributed by atoms with van der Waals surface area (Å²) in [6.07, 6.45) is 0.782. The fourth-order valence-electron chi connectivity index (χ4n) is 1.09. The van der Waals surface area contributed by atoms with E-state index in [0.29, 0.717) is 32.8 Å². The summed E-state index contributed by atoms with van der Waals surface area (Å²) in [5, 5.41) is 2.40. The maximum Gasteiger partial charge on any atom is 0.307 e. The molecule has 1 amide bonds. The van der Waals surface area contributed by atoms with Gasteiger partial charge in [-0.25, -0.2) is 0 Å². The molecule has 1 rings (SSSR count). The van der Waals surface area contributed by atoms with Crippen LogP contribution in [0.5, 0.6) is 0 Å². The van der Waals surface area contributed by atoms with Gasteiger partial charge < -0.3 is 14.8 Å². The molecule has 0 radical (unpaired) electrons. The third kappa shape index (κ3) is 3.33. The molecule has 1 N–H and O–H groups in total. The second kappa shape index (κ2) is 4.95. The van der Waals surface area contributed by atoms with Crippen LogP contribution >= 0.6 is 0 Å². The molecule has 5 heteroatoms. The van der Waals surface area contributed by atoms with Crippen molar-refractivity contribution in [2.75, 3.05) is 26.4 Å². The lowest BCUT2D eigenvalue weighted by atomic mass is 9.90. The minimum Gasteiger partial charge on any atom is -0.465 e. The zero-order valence-corrected chi connectivity index (χ0v) is 8.25. The highest BCUT2D eigenvalue weighted by atomic mass is 16.5. The molecule has 80 valence electrons. The molecule has 0 saturated carbocycles. The van der Waals surface area contributed by atoms with Gasteiger partial charge in [0.2, 0.25) is 6.41 Å². The fraction of sp³-hybridized carbons (Fsp3) is 0.778. The first kappa shape index (κ1) is 11.0. The first-order valence-electron chi connectivity index (χ1n) is 4.57. The lowest BCUT2D eigenvalue weighted by Gasteiger charge is -2.37. The predicted molar refractivity (Wildman–Crippen MR) is 48.6 cm³/mol. The maximum atomic E-state index is 11.1. The summed E-state index contributed by atoms with van der Waals surface area (Å²) < 4.78 is 10.0. The van der Waals surface area contributed by atoms with Crippen LogP contribution in [0.25, 0.3) is 0 Å². The minimum absolute atomic E-state index is 0.00620. The molecule has 0 bridgehead atoms. The third-order valence-electron chi connectivity index (χ3n) is 2.04. The summed E-state index contributed by atoms with van der Waals surface area (Å²) >= 11 is 0. The van der Waals surface area contributed by atoms with Crippen molar-refractivity contribution in [1.82, 2.24) is 5.32 Å². The van der Waals surface area contributed by atoms with Crippen LogP contribution in [0.4, 0.5) is 0 Å². The van der Waals surface area contributed by atoms with Crippen molar-refractivity contribution in [3.05, 3.63) is 0 Å². The number of carbonyl (C=O) groups excluding carboxylic acids is 2. The smallest absolute Gasteiger partial charge is 0.307 e. The number of hydrogen-bond donors (Lipinski definition) is 1. The lowest BCUT2D eigenvalue weighted by Crippen LogP contribution is -2.44. The number of hydrogen-bond acceptors (Lipinski definition) is 4. The summed E-state index contributed by atoms with van der Waals surface area (Å²) in [7, 11) is 0. The molecule has 0 atom stereocenters. The van der Waals surface area contributed by atoms with Crippen LogP contribution in [-0.4, -0.2) is 38.7 Å². The van der Waals surface area contributed by atoms with Gasteiger partial charge in [-0.2, -0.15) is 0 Å². The highest BCUT2D eigenvalue weighted by Gasteiger charge is 2.34. The molecule has 0 aromatic carbocycles. The topological polar surface area (TPSA) is 64.6 Å². The molecule has 0 aromatic rings. The van der Waals surface area contributed by atoms with E-state index in [4.69, 9.17) is 9.47 Å². The van der Waals surface area contributed by atoms with Crippen LogP contribution in [0.15, 0.2) is 0 Å². The first-order chi connectivity index (χ1) is 6.66. The zero-order valence-electron chi connectivity index (χ0n) is 8.25. The Balaban J connectivity index is 2.05. The molecular formula is C9H15NO4. The van der Waals surface area contributed by atoms with Gasteiger partial charge in [0.1, 0.15) is 6.61 Å². The Hall–Kier alpha value is -1.10. The molecule has 1 heterocycles. The Morgan fingerprint density at radius 2 is 2.36 bits per heavy atom. The molecule has 5 nitrogen and oxygen atoms in total. The molecule has 1 fully saturated rings. The Labute approximate surface area is 82.8 Å². The van der Waals surface area contributed by atoms with Crippen molar-refractivity contribution in [1.29, 1.82) is 0 Å². The largest absolute Gasteiger partial charge is 0.465 e. The van der Waals surface area contributed by atoms with E-state index in [9.17, 15) is 9.59 Å². The molecule has 0 aliphatic carbocycles. The van der Waals surface area contributed by atoms with E-state index >= 15 is 0 Å². The van der Waals surface area contributed by atoms with Gasteiger partial charge in [0.05, 0.1) is 19.6 Å². The number of esters is 1. The second-order valence-electron chi connectivity index (χ2n) is 3.79. The second-order valence-corrected chi connectivity index (χ2v) is 3.79. The fourth-order valence-corrected chi connectivity index (χ4v) is 1.09. The minimum atomic E-state index is -0.285. The number of carbonyl (C=O) groups is 2. The van der Waals surface area contributed by atoms with Crippen LogP contribution in [-0.2, 0) is 19.1 Å². The average Bonchev–Trinajstić information content (AvgIpc) is 2.12. The van der Waals surface area contributed by atoms with Crippen LogP contribution < -0.4 is 5.32 Å². The Bertz CT molecular complexity index is 213. The summed E-state index contributed by atoms with van der Waals surface area (Å²) in [5.74, 6) is -0.285. The number of amides is 1. The SMILES string of the molecule is CC1(COC(=O)CCNC=O)COC1. The van der Waals surface area contributed by atoms with Crippen LogP contribution in [0.1, 0.15) is 13.3 Å². The monoisotopic (exact) mass is 201 g/mol. The standard InChI is InChI=1S/C9H15NO4/c1-9(4-13-5-9)6-14-8(12)2-3-10-7-11/h7H,2-6H2,1H3,(H,10,11). The molecule has 0 unspecified atom stereocenters. The highest BCUT2D eigenvalue weighted by Crippen LogP contribution is 2.26. The molecule has 14 heavy (non-hydrogen) atoms. The summed E-state index contributed by atoms with van der Waals surface area (Å²) in [6.45, 7) is 4.02. The normalized spacial score (nSPS) is 18.1. The van der Waals surface area contributed by atoms with E-state index in [2.05, 4.69) is 5.32 Å². The molecule has 1 aliphatic heterocycles. The Morgan fingerprint density at radius 3 is 2.86 bits per heavy atom. The van der Waals surface area contributed by atoms with E-state index in [1.165, 1.54) is 0 Å². The highest BCUT2D eigenvalue weighted by molar-refractivity contribution is 5.70. The van der Waals surface area contributed by atoms with Gasteiger partial charge in [-0.05, 0) is 0 Å². The maximum absolute atomic E-state index is 11.1. The quantitative estimate of drug-likeness (QED) is 0.364. The van der Waals surface area contributed by atoms with Crippen molar-refractivity contribution < 1.29 is 19.1 Å². The summed E-state index contributed by atoms with van der Waals surface area (Å²) in [6, 6.07) is 0. The Kier molecular flexibility index (Phi) is 3.88. The first-order valence-corrected chi connectivity index (χ1v) is 4.57. The number of nitrogens with one attached hydrogen (secondary N) is 1. The van der Waals surface area contributed by atoms with Gasteiger partial charge in [0.15, 0.2) is 0 Å². The lowest BCUT2D eigenvalue weighted by molar-refractivity contribution is -0.165. The molecular weight excluding hydrogens is 186 g/mol. The number of rotatable bonds is 6. The van der Waals surface area contributed by atoms with Crippen molar-refractivity contribution >= 4 is 12.4 Å². The third-order valence-corrected chi connectivity index (χ3v) is 2.04. The zero-order chi connectivity index (χ0) is 10.4. The van der Waals surface area contributed by atoms with Gasteiger partial charge in [0, 0.05) is 12.0 Å². The van der Waals surface area contributed by atoms with Crippen molar-refractivity contribution in [2.45, 2.75) is 13.3 Å². The average molecular weight is 201 g/mol. The van der Waals surface area contributed by atoms with Gasteiger partial charge in [-0.1, -0.05) is 6.92 Å². The van der Waals surface area contributed by atoms with Gasteiger partial charge in [-0.3, -0.25) is 9.59 Å². The molecule has 0 spiro atoms. The molecule has 0 aromatic heterocycles. The van der Waals surface area contributed by atoms with Gasteiger partial charge >= 0.3 is 5.97 Å².